The van der Waals surface area contributed by atoms with E-state index < -0.39 is 9.84 Å². The highest BCUT2D eigenvalue weighted by molar-refractivity contribution is 7.90. The van der Waals surface area contributed by atoms with Crippen LogP contribution >= 0.6 is 0 Å². The molecule has 0 fully saturated rings. The molecule has 0 radical (unpaired) electrons. The van der Waals surface area contributed by atoms with Crippen molar-refractivity contribution in [2.24, 2.45) is 0 Å². The van der Waals surface area contributed by atoms with E-state index in [1.165, 1.54) is 31.2 Å². The number of Topliss-reactive ketones (excluding diaryl/α,β-unsaturated/α-hetero) is 1. The normalized spacial score (nSPS) is 11.4. The summed E-state index contributed by atoms with van der Waals surface area (Å²) in [6.45, 7) is 3.14. The van der Waals surface area contributed by atoms with Gasteiger partial charge in [0.25, 0.3) is 0 Å². The van der Waals surface area contributed by atoms with E-state index in [2.05, 4.69) is 0 Å². The molecule has 0 N–H and O–H groups in total. The topological polar surface area (TPSA) is 51.2 Å². The van der Waals surface area contributed by atoms with Crippen molar-refractivity contribution >= 4 is 15.6 Å². The molecule has 0 atom stereocenters. The monoisotopic (exact) mass is 306 g/mol. The summed E-state index contributed by atoms with van der Waals surface area (Å²) in [7, 11) is -3.44. The molecule has 3 nitrogen and oxygen atoms in total. The van der Waals surface area contributed by atoms with Gasteiger partial charge in [-0.1, -0.05) is 12.1 Å². The number of halogens is 1. The van der Waals surface area contributed by atoms with Crippen molar-refractivity contribution in [2.45, 2.75) is 18.7 Å². The molecule has 2 rings (SSSR count). The van der Waals surface area contributed by atoms with Crippen LogP contribution in [0, 0.1) is 12.7 Å². The predicted octanol–water partition coefficient (Wildman–Crippen LogP) is 3.41. The molecule has 0 bridgehead atoms. The van der Waals surface area contributed by atoms with Gasteiger partial charge in [-0.3, -0.25) is 4.79 Å². The van der Waals surface area contributed by atoms with E-state index in [9.17, 15) is 17.6 Å². The summed E-state index contributed by atoms with van der Waals surface area (Å²) >= 11 is 0. The Morgan fingerprint density at radius 3 is 2.14 bits per heavy atom. The number of sulfone groups is 1. The highest BCUT2D eigenvalue weighted by Gasteiger charge is 2.17. The maximum absolute atomic E-state index is 13.0. The third-order valence-corrected chi connectivity index (χ3v) is 4.44. The van der Waals surface area contributed by atoms with Crippen LogP contribution in [-0.4, -0.2) is 20.5 Å². The Morgan fingerprint density at radius 2 is 1.67 bits per heavy atom. The average Bonchev–Trinajstić information content (AvgIpc) is 2.38. The van der Waals surface area contributed by atoms with E-state index in [-0.39, 0.29) is 16.5 Å². The SMILES string of the molecule is CC(=O)c1cc(S(C)(=O)=O)cc(-c2ccc(F)cc2)c1C. The van der Waals surface area contributed by atoms with Gasteiger partial charge in [0.05, 0.1) is 4.90 Å². The minimum Gasteiger partial charge on any atom is -0.295 e. The molecule has 5 heteroatoms. The van der Waals surface area contributed by atoms with Crippen LogP contribution in [0.4, 0.5) is 4.39 Å². The smallest absolute Gasteiger partial charge is 0.175 e. The minimum absolute atomic E-state index is 0.0811. The van der Waals surface area contributed by atoms with E-state index in [0.717, 1.165) is 6.26 Å². The second kappa shape index (κ2) is 5.41. The third-order valence-electron chi connectivity index (χ3n) is 3.34. The van der Waals surface area contributed by atoms with Gasteiger partial charge in [-0.25, -0.2) is 12.8 Å². The Morgan fingerprint density at radius 1 is 1.10 bits per heavy atom. The van der Waals surface area contributed by atoms with Crippen LogP contribution in [0.25, 0.3) is 11.1 Å². The Bertz CT molecular complexity index is 806. The molecule has 2 aromatic rings. The largest absolute Gasteiger partial charge is 0.295 e. The number of hydrogen-bond acceptors (Lipinski definition) is 3. The molecule has 0 aliphatic heterocycles. The van der Waals surface area contributed by atoms with Crippen LogP contribution < -0.4 is 0 Å². The maximum Gasteiger partial charge on any atom is 0.175 e. The van der Waals surface area contributed by atoms with Gasteiger partial charge in [0.1, 0.15) is 5.82 Å². The van der Waals surface area contributed by atoms with Crippen molar-refractivity contribution in [3.05, 3.63) is 53.3 Å². The number of rotatable bonds is 3. The summed E-state index contributed by atoms with van der Waals surface area (Å²) in [5.74, 6) is -0.580. The Kier molecular flexibility index (Phi) is 3.96. The van der Waals surface area contributed by atoms with Gasteiger partial charge in [-0.2, -0.15) is 0 Å². The number of hydrogen-bond donors (Lipinski definition) is 0. The van der Waals surface area contributed by atoms with Gasteiger partial charge in [-0.15, -0.1) is 0 Å². The molecule has 21 heavy (non-hydrogen) atoms. The first kappa shape index (κ1) is 15.4. The molecule has 110 valence electrons. The molecule has 0 aliphatic carbocycles. The van der Waals surface area contributed by atoms with Gasteiger partial charge < -0.3 is 0 Å². The maximum atomic E-state index is 13.0. The molecular weight excluding hydrogens is 291 g/mol. The summed E-state index contributed by atoms with van der Waals surface area (Å²) < 4.78 is 36.6. The first-order chi connectivity index (χ1) is 9.70. The van der Waals surface area contributed by atoms with Gasteiger partial charge in [-0.05, 0) is 54.8 Å². The number of carbonyl (C=O) groups is 1. The van der Waals surface area contributed by atoms with Crippen molar-refractivity contribution in [3.63, 3.8) is 0 Å². The van der Waals surface area contributed by atoms with E-state index in [0.29, 0.717) is 22.3 Å². The summed E-state index contributed by atoms with van der Waals surface area (Å²) in [5.41, 5.74) is 2.32. The Hall–Kier alpha value is -2.01. The molecule has 0 saturated heterocycles. The highest BCUT2D eigenvalue weighted by Crippen LogP contribution is 2.29. The standard InChI is InChI=1S/C16H15FO3S/c1-10-15(11(2)18)8-14(21(3,19)20)9-16(10)12-4-6-13(17)7-5-12/h4-9H,1-3H3. The molecule has 0 saturated carbocycles. The first-order valence-electron chi connectivity index (χ1n) is 6.31. The lowest BCUT2D eigenvalue weighted by Gasteiger charge is -2.12. The van der Waals surface area contributed by atoms with E-state index >= 15 is 0 Å². The van der Waals surface area contributed by atoms with E-state index in [1.807, 2.05) is 0 Å². The number of benzene rings is 2. The lowest BCUT2D eigenvalue weighted by molar-refractivity contribution is 0.101. The minimum atomic E-state index is -3.44. The molecule has 0 aromatic heterocycles. The second-order valence-corrected chi connectivity index (χ2v) is 6.99. The van der Waals surface area contributed by atoms with Crippen LogP contribution in [-0.2, 0) is 9.84 Å². The zero-order valence-corrected chi connectivity index (χ0v) is 12.8. The molecule has 0 heterocycles. The number of carbonyl (C=O) groups excluding carboxylic acids is 1. The van der Waals surface area contributed by atoms with Gasteiger partial charge in [0.2, 0.25) is 0 Å². The summed E-state index contributed by atoms with van der Waals surface area (Å²) in [6.07, 6.45) is 1.09. The average molecular weight is 306 g/mol. The molecule has 0 amide bonds. The van der Waals surface area contributed by atoms with E-state index in [4.69, 9.17) is 0 Å². The van der Waals surface area contributed by atoms with Crippen molar-refractivity contribution in [1.29, 1.82) is 0 Å². The van der Waals surface area contributed by atoms with Crippen LogP contribution in [0.3, 0.4) is 0 Å². The van der Waals surface area contributed by atoms with Gasteiger partial charge in [0.15, 0.2) is 15.6 Å². The first-order valence-corrected chi connectivity index (χ1v) is 8.21. The lowest BCUT2D eigenvalue weighted by Crippen LogP contribution is -2.04. The Balaban J connectivity index is 2.78. The zero-order valence-electron chi connectivity index (χ0n) is 12.0. The van der Waals surface area contributed by atoms with Crippen LogP contribution in [0.5, 0.6) is 0 Å². The van der Waals surface area contributed by atoms with Gasteiger partial charge >= 0.3 is 0 Å². The summed E-state index contributed by atoms with van der Waals surface area (Å²) in [4.78, 5) is 11.8. The van der Waals surface area contributed by atoms with Crippen molar-refractivity contribution in [3.8, 4) is 11.1 Å². The van der Waals surface area contributed by atoms with Crippen LogP contribution in [0.1, 0.15) is 22.8 Å². The third kappa shape index (κ3) is 3.19. The molecular formula is C16H15FO3S. The summed E-state index contributed by atoms with van der Waals surface area (Å²) in [6, 6.07) is 8.64. The quantitative estimate of drug-likeness (QED) is 0.817. The van der Waals surface area contributed by atoms with Gasteiger partial charge in [0, 0.05) is 11.8 Å². The highest BCUT2D eigenvalue weighted by atomic mass is 32.2. The molecule has 2 aromatic carbocycles. The molecule has 0 aliphatic rings. The van der Waals surface area contributed by atoms with Crippen molar-refractivity contribution < 1.29 is 17.6 Å². The van der Waals surface area contributed by atoms with E-state index in [1.54, 1.807) is 19.1 Å². The fourth-order valence-electron chi connectivity index (χ4n) is 2.20. The fraction of sp³-hybridized carbons (Fsp3) is 0.188. The zero-order chi connectivity index (χ0) is 15.8. The van der Waals surface area contributed by atoms with Crippen molar-refractivity contribution in [2.75, 3.05) is 6.26 Å². The molecule has 0 unspecified atom stereocenters. The van der Waals surface area contributed by atoms with Crippen LogP contribution in [0.2, 0.25) is 0 Å². The summed E-state index contributed by atoms with van der Waals surface area (Å²) in [5, 5.41) is 0. The van der Waals surface area contributed by atoms with Crippen molar-refractivity contribution in [1.82, 2.24) is 0 Å². The lowest BCUT2D eigenvalue weighted by atomic mass is 9.95. The number of ketones is 1. The predicted molar refractivity (Wildman–Crippen MR) is 79.7 cm³/mol. The van der Waals surface area contributed by atoms with Crippen LogP contribution in [0.15, 0.2) is 41.3 Å². The second-order valence-electron chi connectivity index (χ2n) is 4.98. The fourth-order valence-corrected chi connectivity index (χ4v) is 2.86. The Labute approximate surface area is 123 Å². The molecule has 0 spiro atoms.